The third-order valence-corrected chi connectivity index (χ3v) is 4.88. The van der Waals surface area contributed by atoms with E-state index in [-0.39, 0.29) is 15.5 Å². The lowest BCUT2D eigenvalue weighted by Gasteiger charge is -2.05. The van der Waals surface area contributed by atoms with Gasteiger partial charge in [-0.05, 0) is 36.4 Å². The topological polar surface area (TPSA) is 94.3 Å². The monoisotopic (exact) mass is 357 g/mol. The number of carbonyl (C=O) groups is 1. The summed E-state index contributed by atoms with van der Waals surface area (Å²) in [6.45, 7) is 0. The van der Waals surface area contributed by atoms with E-state index < -0.39 is 37.8 Å². The molecule has 0 aliphatic rings. The van der Waals surface area contributed by atoms with Crippen molar-refractivity contribution < 1.29 is 22.5 Å². The van der Waals surface area contributed by atoms with Crippen LogP contribution in [0.2, 0.25) is 5.02 Å². The minimum Gasteiger partial charge on any atom is -0.293 e. The van der Waals surface area contributed by atoms with Gasteiger partial charge in [0.25, 0.3) is 5.69 Å². The minimum atomic E-state index is -4.03. The second-order valence-electron chi connectivity index (χ2n) is 4.56. The van der Waals surface area contributed by atoms with Gasteiger partial charge in [0.15, 0.2) is 15.6 Å². The standard InChI is InChI=1S/C14H9ClFNO5S/c15-12-7-11(5-6-13(12)17(19)20)23(21,22)8-14(18)9-1-3-10(16)4-2-9/h1-7H,8H2. The number of Topliss-reactive ketones (excluding diaryl/α,β-unsaturated/α-hetero) is 1. The lowest BCUT2D eigenvalue weighted by atomic mass is 10.1. The first-order valence-corrected chi connectivity index (χ1v) is 8.19. The molecule has 120 valence electrons. The molecular formula is C14H9ClFNO5S. The van der Waals surface area contributed by atoms with Crippen LogP contribution in [0, 0.1) is 15.9 Å². The fraction of sp³-hybridized carbons (Fsp3) is 0.0714. The van der Waals surface area contributed by atoms with Crippen molar-refractivity contribution in [1.29, 1.82) is 0 Å². The molecule has 2 aromatic carbocycles. The number of halogens is 2. The molecule has 0 amide bonds. The van der Waals surface area contributed by atoms with E-state index in [1.54, 1.807) is 0 Å². The lowest BCUT2D eigenvalue weighted by Crippen LogP contribution is -2.16. The fourth-order valence-electron chi connectivity index (χ4n) is 1.80. The van der Waals surface area contributed by atoms with Gasteiger partial charge >= 0.3 is 0 Å². The summed E-state index contributed by atoms with van der Waals surface area (Å²) < 4.78 is 37.2. The van der Waals surface area contributed by atoms with E-state index in [2.05, 4.69) is 0 Å². The van der Waals surface area contributed by atoms with Gasteiger partial charge in [0.1, 0.15) is 16.6 Å². The number of benzene rings is 2. The third-order valence-electron chi connectivity index (χ3n) is 2.96. The molecule has 0 fully saturated rings. The molecule has 0 saturated carbocycles. The zero-order valence-electron chi connectivity index (χ0n) is 11.4. The predicted molar refractivity (Wildman–Crippen MR) is 80.9 cm³/mol. The van der Waals surface area contributed by atoms with Gasteiger partial charge in [0.05, 0.1) is 9.82 Å². The Morgan fingerprint density at radius 2 is 1.78 bits per heavy atom. The molecule has 0 aliphatic carbocycles. The summed E-state index contributed by atoms with van der Waals surface area (Å²) in [6, 6.07) is 7.33. The number of nitro benzene ring substituents is 1. The molecule has 0 spiro atoms. The molecule has 2 rings (SSSR count). The first-order chi connectivity index (χ1) is 10.7. The third kappa shape index (κ3) is 3.91. The van der Waals surface area contributed by atoms with Crippen molar-refractivity contribution in [2.45, 2.75) is 4.90 Å². The Kier molecular flexibility index (Phi) is 4.76. The van der Waals surface area contributed by atoms with Gasteiger partial charge in [0.2, 0.25) is 0 Å². The molecule has 9 heteroatoms. The van der Waals surface area contributed by atoms with Crippen molar-refractivity contribution in [1.82, 2.24) is 0 Å². The van der Waals surface area contributed by atoms with Crippen LogP contribution in [0.25, 0.3) is 0 Å². The molecule has 0 atom stereocenters. The number of nitro groups is 1. The number of carbonyl (C=O) groups excluding carboxylic acids is 1. The van der Waals surface area contributed by atoms with Crippen molar-refractivity contribution in [3.05, 3.63) is 69.0 Å². The highest BCUT2D eigenvalue weighted by Crippen LogP contribution is 2.27. The van der Waals surface area contributed by atoms with Crippen LogP contribution in [-0.4, -0.2) is 24.9 Å². The van der Waals surface area contributed by atoms with Crippen molar-refractivity contribution in [3.8, 4) is 0 Å². The highest BCUT2D eigenvalue weighted by molar-refractivity contribution is 7.92. The second-order valence-corrected chi connectivity index (χ2v) is 6.96. The number of hydrogen-bond acceptors (Lipinski definition) is 5. The molecule has 0 N–H and O–H groups in total. The van der Waals surface area contributed by atoms with E-state index >= 15 is 0 Å². The Labute approximate surface area is 135 Å². The molecule has 0 unspecified atom stereocenters. The maximum atomic E-state index is 12.8. The van der Waals surface area contributed by atoms with Crippen LogP contribution >= 0.6 is 11.6 Å². The molecule has 23 heavy (non-hydrogen) atoms. The molecule has 0 bridgehead atoms. The lowest BCUT2D eigenvalue weighted by molar-refractivity contribution is -0.384. The van der Waals surface area contributed by atoms with Crippen LogP contribution < -0.4 is 0 Å². The van der Waals surface area contributed by atoms with E-state index in [4.69, 9.17) is 11.6 Å². The predicted octanol–water partition coefficient (Wildman–Crippen LogP) is 3.04. The second kappa shape index (κ2) is 6.43. The van der Waals surface area contributed by atoms with Gasteiger partial charge in [-0.25, -0.2) is 12.8 Å². The van der Waals surface area contributed by atoms with Crippen LogP contribution in [0.4, 0.5) is 10.1 Å². The van der Waals surface area contributed by atoms with E-state index in [0.29, 0.717) is 0 Å². The van der Waals surface area contributed by atoms with E-state index in [1.165, 1.54) is 12.1 Å². The number of hydrogen-bond donors (Lipinski definition) is 0. The van der Waals surface area contributed by atoms with Crippen molar-refractivity contribution in [3.63, 3.8) is 0 Å². The summed E-state index contributed by atoms with van der Waals surface area (Å²) in [5.41, 5.74) is -0.390. The number of sulfone groups is 1. The molecule has 0 saturated heterocycles. The summed E-state index contributed by atoms with van der Waals surface area (Å²) in [4.78, 5) is 21.6. The maximum absolute atomic E-state index is 12.8. The van der Waals surface area contributed by atoms with Gasteiger partial charge in [-0.15, -0.1) is 0 Å². The Balaban J connectivity index is 2.28. The van der Waals surface area contributed by atoms with E-state index in [9.17, 15) is 27.7 Å². The van der Waals surface area contributed by atoms with Gasteiger partial charge in [-0.3, -0.25) is 14.9 Å². The molecular weight excluding hydrogens is 349 g/mol. The Bertz CT molecular complexity index is 881. The summed E-state index contributed by atoms with van der Waals surface area (Å²) in [6.07, 6.45) is 0. The average molecular weight is 358 g/mol. The molecule has 0 aliphatic heterocycles. The first kappa shape index (κ1) is 17.0. The van der Waals surface area contributed by atoms with Crippen molar-refractivity contribution in [2.75, 3.05) is 5.75 Å². The Morgan fingerprint density at radius 1 is 1.17 bits per heavy atom. The molecule has 0 aromatic heterocycles. The molecule has 0 radical (unpaired) electrons. The first-order valence-electron chi connectivity index (χ1n) is 6.16. The van der Waals surface area contributed by atoms with Gasteiger partial charge in [0, 0.05) is 11.6 Å². The van der Waals surface area contributed by atoms with Crippen LogP contribution in [0.5, 0.6) is 0 Å². The van der Waals surface area contributed by atoms with Crippen molar-refractivity contribution >= 4 is 32.9 Å². The van der Waals surface area contributed by atoms with Gasteiger partial charge in [-0.1, -0.05) is 11.6 Å². The Morgan fingerprint density at radius 3 is 2.30 bits per heavy atom. The normalized spacial score (nSPS) is 11.2. The van der Waals surface area contributed by atoms with Crippen LogP contribution in [-0.2, 0) is 9.84 Å². The largest absolute Gasteiger partial charge is 0.293 e. The zero-order valence-corrected chi connectivity index (χ0v) is 13.0. The number of rotatable bonds is 5. The summed E-state index contributed by atoms with van der Waals surface area (Å²) in [5, 5.41) is 10.3. The quantitative estimate of drug-likeness (QED) is 0.465. The summed E-state index contributed by atoms with van der Waals surface area (Å²) in [5.74, 6) is -2.13. The van der Waals surface area contributed by atoms with Gasteiger partial charge in [-0.2, -0.15) is 0 Å². The number of ketones is 1. The average Bonchev–Trinajstić information content (AvgIpc) is 2.46. The minimum absolute atomic E-state index is 0.0444. The molecule has 0 heterocycles. The smallest absolute Gasteiger partial charge is 0.287 e. The van der Waals surface area contributed by atoms with E-state index in [1.807, 2.05) is 0 Å². The van der Waals surface area contributed by atoms with Crippen LogP contribution in [0.1, 0.15) is 10.4 Å². The highest BCUT2D eigenvalue weighted by atomic mass is 35.5. The molecule has 2 aromatic rings. The SMILES string of the molecule is O=C(CS(=O)(=O)c1ccc([N+](=O)[O-])c(Cl)c1)c1ccc(F)cc1. The van der Waals surface area contributed by atoms with Gasteiger partial charge < -0.3 is 0 Å². The highest BCUT2D eigenvalue weighted by Gasteiger charge is 2.23. The molecule has 6 nitrogen and oxygen atoms in total. The van der Waals surface area contributed by atoms with E-state index in [0.717, 1.165) is 30.3 Å². The Hall–Kier alpha value is -2.32. The zero-order chi connectivity index (χ0) is 17.2. The summed E-state index contributed by atoms with van der Waals surface area (Å²) >= 11 is 5.67. The number of nitrogens with zero attached hydrogens (tertiary/aromatic N) is 1. The summed E-state index contributed by atoms with van der Waals surface area (Å²) in [7, 11) is -4.03. The fourth-order valence-corrected chi connectivity index (χ4v) is 3.37. The maximum Gasteiger partial charge on any atom is 0.287 e. The van der Waals surface area contributed by atoms with Crippen LogP contribution in [0.15, 0.2) is 47.4 Å². The van der Waals surface area contributed by atoms with Crippen molar-refractivity contribution in [2.24, 2.45) is 0 Å². The van der Waals surface area contributed by atoms with Crippen LogP contribution in [0.3, 0.4) is 0 Å².